The highest BCUT2D eigenvalue weighted by molar-refractivity contribution is 9.10. The molecule has 0 saturated carbocycles. The molecule has 0 aromatic heterocycles. The van der Waals surface area contributed by atoms with Gasteiger partial charge in [0, 0.05) is 27.2 Å². The van der Waals surface area contributed by atoms with Crippen molar-refractivity contribution >= 4 is 33.3 Å². The van der Waals surface area contributed by atoms with E-state index in [1.807, 2.05) is 0 Å². The molecule has 6 heteroatoms. The van der Waals surface area contributed by atoms with E-state index in [0.717, 1.165) is 12.1 Å². The maximum atomic E-state index is 13.9. The predicted molar refractivity (Wildman–Crippen MR) is 75.5 cm³/mol. The Kier molecular flexibility index (Phi) is 4.40. The van der Waals surface area contributed by atoms with Crippen LogP contribution in [-0.2, 0) is 0 Å². The summed E-state index contributed by atoms with van der Waals surface area (Å²) in [5.74, 6) is -2.77. The third kappa shape index (κ3) is 2.83. The summed E-state index contributed by atoms with van der Waals surface area (Å²) in [4.78, 5) is 12.3. The van der Waals surface area contributed by atoms with Crippen molar-refractivity contribution in [1.82, 2.24) is 0 Å². The molecule has 2 aromatic rings. The Morgan fingerprint density at radius 1 is 1.20 bits per heavy atom. The van der Waals surface area contributed by atoms with Crippen molar-refractivity contribution in [3.8, 4) is 5.75 Å². The topological polar surface area (TPSA) is 26.3 Å². The highest BCUT2D eigenvalue weighted by Crippen LogP contribution is 2.27. The number of ether oxygens (including phenoxy) is 1. The molecular weight excluding hydrogens is 354 g/mol. The van der Waals surface area contributed by atoms with Gasteiger partial charge in [-0.25, -0.2) is 8.78 Å². The number of hydrogen-bond donors (Lipinski definition) is 0. The molecule has 0 spiro atoms. The van der Waals surface area contributed by atoms with Gasteiger partial charge in [-0.15, -0.1) is 0 Å². The number of carbonyl (C=O) groups excluding carboxylic acids is 1. The van der Waals surface area contributed by atoms with E-state index in [-0.39, 0.29) is 11.3 Å². The molecule has 0 saturated heterocycles. The Hall–Kier alpha value is -1.46. The van der Waals surface area contributed by atoms with Gasteiger partial charge < -0.3 is 4.74 Å². The first-order valence-electron chi connectivity index (χ1n) is 5.47. The molecule has 2 aromatic carbocycles. The molecular formula is C14H8BrClF2O2. The molecule has 0 atom stereocenters. The molecule has 0 aliphatic rings. The molecule has 2 nitrogen and oxygen atoms in total. The van der Waals surface area contributed by atoms with Crippen LogP contribution in [0, 0.1) is 11.6 Å². The lowest BCUT2D eigenvalue weighted by atomic mass is 10.0. The second-order valence-corrected chi connectivity index (χ2v) is 5.21. The average molecular weight is 362 g/mol. The van der Waals surface area contributed by atoms with E-state index in [1.54, 1.807) is 6.07 Å². The number of rotatable bonds is 3. The van der Waals surface area contributed by atoms with Crippen molar-refractivity contribution in [2.24, 2.45) is 0 Å². The standard InChI is InChI=1S/C14H8BrClF2O2/c1-20-8-5-11(17)13(12(18)6-8)14(19)9-4-7(16)2-3-10(9)15/h2-6H,1H3. The Morgan fingerprint density at radius 3 is 2.35 bits per heavy atom. The normalized spacial score (nSPS) is 10.4. The van der Waals surface area contributed by atoms with Crippen LogP contribution in [0.1, 0.15) is 15.9 Å². The number of ketones is 1. The van der Waals surface area contributed by atoms with Crippen LogP contribution >= 0.6 is 27.5 Å². The van der Waals surface area contributed by atoms with E-state index in [1.165, 1.54) is 19.2 Å². The number of carbonyl (C=O) groups is 1. The summed E-state index contributed by atoms with van der Waals surface area (Å²) in [6.45, 7) is 0. The van der Waals surface area contributed by atoms with Crippen molar-refractivity contribution in [3.05, 3.63) is 62.6 Å². The highest BCUT2D eigenvalue weighted by atomic mass is 79.9. The Morgan fingerprint density at radius 2 is 1.80 bits per heavy atom. The molecule has 0 unspecified atom stereocenters. The van der Waals surface area contributed by atoms with Gasteiger partial charge in [-0.05, 0) is 18.2 Å². The predicted octanol–water partition coefficient (Wildman–Crippen LogP) is 4.62. The van der Waals surface area contributed by atoms with Crippen molar-refractivity contribution < 1.29 is 18.3 Å². The molecule has 104 valence electrons. The van der Waals surface area contributed by atoms with Gasteiger partial charge in [-0.3, -0.25) is 4.79 Å². The first-order valence-corrected chi connectivity index (χ1v) is 6.64. The van der Waals surface area contributed by atoms with Gasteiger partial charge >= 0.3 is 0 Å². The van der Waals surface area contributed by atoms with Crippen molar-refractivity contribution in [1.29, 1.82) is 0 Å². The lowest BCUT2D eigenvalue weighted by Crippen LogP contribution is -2.09. The van der Waals surface area contributed by atoms with Crippen molar-refractivity contribution in [2.45, 2.75) is 0 Å². The highest BCUT2D eigenvalue weighted by Gasteiger charge is 2.22. The summed E-state index contributed by atoms with van der Waals surface area (Å²) in [5.41, 5.74) is -0.561. The van der Waals surface area contributed by atoms with Gasteiger partial charge in [0.15, 0.2) is 5.78 Å². The van der Waals surface area contributed by atoms with Crippen LogP contribution < -0.4 is 4.74 Å². The zero-order valence-corrected chi connectivity index (χ0v) is 12.6. The van der Waals surface area contributed by atoms with E-state index < -0.39 is 23.0 Å². The van der Waals surface area contributed by atoms with Gasteiger partial charge in [-0.2, -0.15) is 0 Å². The number of benzene rings is 2. The van der Waals surface area contributed by atoms with Crippen LogP contribution in [0.25, 0.3) is 0 Å². The molecule has 0 radical (unpaired) electrons. The van der Waals surface area contributed by atoms with Crippen LogP contribution in [0.3, 0.4) is 0 Å². The molecule has 0 amide bonds. The summed E-state index contributed by atoms with van der Waals surface area (Å²) < 4.78 is 32.9. The number of hydrogen-bond acceptors (Lipinski definition) is 2. The van der Waals surface area contributed by atoms with E-state index in [9.17, 15) is 13.6 Å². The fourth-order valence-corrected chi connectivity index (χ4v) is 2.29. The summed E-state index contributed by atoms with van der Waals surface area (Å²) >= 11 is 8.95. The van der Waals surface area contributed by atoms with Gasteiger partial charge in [0.25, 0.3) is 0 Å². The minimum absolute atomic E-state index is 0.00158. The van der Waals surface area contributed by atoms with Crippen LogP contribution in [0.4, 0.5) is 8.78 Å². The smallest absolute Gasteiger partial charge is 0.200 e. The van der Waals surface area contributed by atoms with Crippen LogP contribution in [0.5, 0.6) is 5.75 Å². The lowest BCUT2D eigenvalue weighted by Gasteiger charge is -2.08. The van der Waals surface area contributed by atoms with Crippen LogP contribution in [0.15, 0.2) is 34.8 Å². The zero-order chi connectivity index (χ0) is 14.9. The third-order valence-corrected chi connectivity index (χ3v) is 3.58. The first-order chi connectivity index (χ1) is 9.43. The molecule has 20 heavy (non-hydrogen) atoms. The average Bonchev–Trinajstić information content (AvgIpc) is 2.40. The largest absolute Gasteiger partial charge is 0.497 e. The molecule has 0 bridgehead atoms. The second kappa shape index (κ2) is 5.89. The van der Waals surface area contributed by atoms with Gasteiger partial charge in [0.2, 0.25) is 0 Å². The quantitative estimate of drug-likeness (QED) is 0.746. The van der Waals surface area contributed by atoms with Crippen molar-refractivity contribution in [2.75, 3.05) is 7.11 Å². The van der Waals surface area contributed by atoms with E-state index >= 15 is 0 Å². The van der Waals surface area contributed by atoms with Gasteiger partial charge in [0.05, 0.1) is 12.7 Å². The fourth-order valence-electron chi connectivity index (χ4n) is 1.69. The molecule has 0 aliphatic carbocycles. The van der Waals surface area contributed by atoms with Crippen LogP contribution in [-0.4, -0.2) is 12.9 Å². The Labute approximate surface area is 127 Å². The fraction of sp³-hybridized carbons (Fsp3) is 0.0714. The number of methoxy groups -OCH3 is 1. The van der Waals surface area contributed by atoms with Gasteiger partial charge in [-0.1, -0.05) is 27.5 Å². The van der Waals surface area contributed by atoms with E-state index in [2.05, 4.69) is 15.9 Å². The third-order valence-electron chi connectivity index (χ3n) is 2.65. The SMILES string of the molecule is COc1cc(F)c(C(=O)c2cc(Cl)ccc2Br)c(F)c1. The summed E-state index contributed by atoms with van der Waals surface area (Å²) in [5, 5.41) is 0.297. The van der Waals surface area contributed by atoms with E-state index in [0.29, 0.717) is 9.50 Å². The summed E-state index contributed by atoms with van der Waals surface area (Å²) in [6, 6.07) is 6.35. The monoisotopic (exact) mass is 360 g/mol. The Balaban J connectivity index is 2.56. The van der Waals surface area contributed by atoms with E-state index in [4.69, 9.17) is 16.3 Å². The van der Waals surface area contributed by atoms with Crippen molar-refractivity contribution in [3.63, 3.8) is 0 Å². The summed E-state index contributed by atoms with van der Waals surface area (Å²) in [6.07, 6.45) is 0. The Bertz CT molecular complexity index is 666. The van der Waals surface area contributed by atoms with Crippen LogP contribution in [0.2, 0.25) is 5.02 Å². The second-order valence-electron chi connectivity index (χ2n) is 3.92. The maximum absolute atomic E-state index is 13.9. The van der Waals surface area contributed by atoms with Gasteiger partial charge in [0.1, 0.15) is 17.4 Å². The molecule has 0 heterocycles. The maximum Gasteiger partial charge on any atom is 0.200 e. The molecule has 2 rings (SSSR count). The molecule has 0 aliphatic heterocycles. The number of halogens is 4. The first kappa shape index (κ1) is 14.9. The summed E-state index contributed by atoms with van der Waals surface area (Å²) in [7, 11) is 1.28. The minimum atomic E-state index is -0.987. The molecule has 0 N–H and O–H groups in total. The minimum Gasteiger partial charge on any atom is -0.497 e. The molecule has 0 fully saturated rings. The lowest BCUT2D eigenvalue weighted by molar-refractivity contribution is 0.103. The zero-order valence-electron chi connectivity index (χ0n) is 10.2.